The van der Waals surface area contributed by atoms with E-state index in [-0.39, 0.29) is 0 Å². The topological polar surface area (TPSA) is 29.0 Å². The average molecular weight is 262 g/mol. The molecule has 15 heavy (non-hydrogen) atoms. The Morgan fingerprint density at radius 3 is 2.93 bits per heavy atom. The quantitative estimate of drug-likeness (QED) is 0.715. The van der Waals surface area contributed by atoms with E-state index in [0.717, 1.165) is 11.3 Å². The molecule has 2 heterocycles. The van der Waals surface area contributed by atoms with Gasteiger partial charge in [-0.15, -0.1) is 0 Å². The summed E-state index contributed by atoms with van der Waals surface area (Å²) >= 11 is 0.479. The van der Waals surface area contributed by atoms with Gasteiger partial charge in [0.15, 0.2) is 0 Å². The van der Waals surface area contributed by atoms with Crippen LogP contribution in [-0.4, -0.2) is 30.4 Å². The molecule has 0 atom stereocenters. The molecule has 1 aliphatic heterocycles. The standard InChI is InChI=1S/C11H9N3Se/c1-2-4-9(5-3-1)14-8-15-10-6-12-7-13-11(10)14/h1-7H,8H2. The van der Waals surface area contributed by atoms with Crippen molar-refractivity contribution in [3.8, 4) is 0 Å². The van der Waals surface area contributed by atoms with Gasteiger partial charge in [0.1, 0.15) is 0 Å². The number of para-hydroxylation sites is 1. The first-order chi connectivity index (χ1) is 7.45. The summed E-state index contributed by atoms with van der Waals surface area (Å²) < 4.78 is 1.30. The molecule has 2 aromatic rings. The maximum atomic E-state index is 4.35. The van der Waals surface area contributed by atoms with Crippen molar-refractivity contribution < 1.29 is 0 Å². The first-order valence-corrected chi connectivity index (χ1v) is 6.77. The van der Waals surface area contributed by atoms with Crippen molar-refractivity contribution in [2.24, 2.45) is 0 Å². The minimum atomic E-state index is 0.479. The number of benzene rings is 1. The third kappa shape index (κ3) is 1.52. The fraction of sp³-hybridized carbons (Fsp3) is 0.0909. The van der Waals surface area contributed by atoms with Crippen molar-refractivity contribution in [3.05, 3.63) is 42.9 Å². The van der Waals surface area contributed by atoms with E-state index in [1.165, 1.54) is 10.1 Å². The van der Waals surface area contributed by atoms with Crippen LogP contribution < -0.4 is 9.36 Å². The van der Waals surface area contributed by atoms with E-state index in [0.29, 0.717) is 15.0 Å². The van der Waals surface area contributed by atoms with Crippen molar-refractivity contribution in [2.45, 2.75) is 0 Å². The van der Waals surface area contributed by atoms with Crippen molar-refractivity contribution in [1.29, 1.82) is 0 Å². The Morgan fingerprint density at radius 2 is 2.07 bits per heavy atom. The Labute approximate surface area is 94.3 Å². The molecule has 3 rings (SSSR count). The molecule has 1 aromatic heterocycles. The number of rotatable bonds is 1. The second-order valence-corrected chi connectivity index (χ2v) is 5.32. The van der Waals surface area contributed by atoms with E-state index >= 15 is 0 Å². The number of hydrogen-bond acceptors (Lipinski definition) is 3. The number of aromatic nitrogens is 2. The predicted molar refractivity (Wildman–Crippen MR) is 60.9 cm³/mol. The second kappa shape index (κ2) is 3.65. The summed E-state index contributed by atoms with van der Waals surface area (Å²) in [6.45, 7) is 0. The number of anilines is 2. The molecule has 0 unspecified atom stereocenters. The molecule has 3 nitrogen and oxygen atoms in total. The van der Waals surface area contributed by atoms with Gasteiger partial charge in [0.25, 0.3) is 0 Å². The fourth-order valence-electron chi connectivity index (χ4n) is 1.61. The molecule has 1 aromatic carbocycles. The van der Waals surface area contributed by atoms with Crippen molar-refractivity contribution in [3.63, 3.8) is 0 Å². The number of hydrogen-bond donors (Lipinski definition) is 0. The van der Waals surface area contributed by atoms with Crippen LogP contribution in [0.2, 0.25) is 0 Å². The molecule has 0 N–H and O–H groups in total. The Morgan fingerprint density at radius 1 is 1.20 bits per heavy atom. The fourth-order valence-corrected chi connectivity index (χ4v) is 3.64. The zero-order valence-electron chi connectivity index (χ0n) is 8.00. The van der Waals surface area contributed by atoms with Gasteiger partial charge < -0.3 is 0 Å². The summed E-state index contributed by atoms with van der Waals surface area (Å²) in [5.74, 6) is 1.08. The zero-order valence-corrected chi connectivity index (χ0v) is 9.71. The van der Waals surface area contributed by atoms with Gasteiger partial charge in [0, 0.05) is 0 Å². The molecule has 0 spiro atoms. The molecule has 1 aliphatic rings. The molecule has 74 valence electrons. The van der Waals surface area contributed by atoms with Gasteiger partial charge in [-0.3, -0.25) is 0 Å². The van der Waals surface area contributed by atoms with Crippen LogP contribution in [0.5, 0.6) is 0 Å². The molecule has 0 radical (unpaired) electrons. The van der Waals surface area contributed by atoms with Crippen LogP contribution >= 0.6 is 0 Å². The zero-order chi connectivity index (χ0) is 10.1. The van der Waals surface area contributed by atoms with Crippen LogP contribution in [0.25, 0.3) is 0 Å². The second-order valence-electron chi connectivity index (χ2n) is 3.25. The van der Waals surface area contributed by atoms with Gasteiger partial charge in [0.05, 0.1) is 0 Å². The van der Waals surface area contributed by atoms with Crippen LogP contribution in [-0.2, 0) is 0 Å². The molecule has 4 heteroatoms. The van der Waals surface area contributed by atoms with E-state index in [1.54, 1.807) is 6.33 Å². The van der Waals surface area contributed by atoms with E-state index in [1.807, 2.05) is 12.3 Å². The molecule has 0 saturated carbocycles. The molecule has 0 amide bonds. The van der Waals surface area contributed by atoms with E-state index in [9.17, 15) is 0 Å². The van der Waals surface area contributed by atoms with Gasteiger partial charge in [-0.05, 0) is 0 Å². The third-order valence-electron chi connectivity index (χ3n) is 2.33. The summed E-state index contributed by atoms with van der Waals surface area (Å²) in [4.78, 5) is 10.7. The van der Waals surface area contributed by atoms with Crippen LogP contribution in [0.15, 0.2) is 42.9 Å². The predicted octanol–water partition coefficient (Wildman–Crippen LogP) is 0.915. The van der Waals surface area contributed by atoms with Gasteiger partial charge in [-0.1, -0.05) is 0 Å². The average Bonchev–Trinajstić information content (AvgIpc) is 2.74. The SMILES string of the molecule is c1ccc(N2C[Se]c3cncnc32)cc1. The molecular weight excluding hydrogens is 253 g/mol. The summed E-state index contributed by atoms with van der Waals surface area (Å²) in [5.41, 5.74) is 2.28. The van der Waals surface area contributed by atoms with Gasteiger partial charge >= 0.3 is 94.1 Å². The van der Waals surface area contributed by atoms with Gasteiger partial charge in [0.2, 0.25) is 0 Å². The number of nitrogens with zero attached hydrogens (tertiary/aromatic N) is 3. The summed E-state index contributed by atoms with van der Waals surface area (Å²) in [5, 5.41) is 0. The third-order valence-corrected chi connectivity index (χ3v) is 4.40. The monoisotopic (exact) mass is 263 g/mol. The molecule has 0 bridgehead atoms. The normalized spacial score (nSPS) is 14.0. The maximum absolute atomic E-state index is 4.35. The number of fused-ring (bicyclic) bond motifs is 1. The van der Waals surface area contributed by atoms with E-state index in [2.05, 4.69) is 39.1 Å². The van der Waals surface area contributed by atoms with Gasteiger partial charge in [-0.25, -0.2) is 0 Å². The molecule has 0 fully saturated rings. The van der Waals surface area contributed by atoms with E-state index in [4.69, 9.17) is 0 Å². The molecule has 0 saturated heterocycles. The van der Waals surface area contributed by atoms with Crippen molar-refractivity contribution >= 4 is 30.9 Å². The Balaban J connectivity index is 2.05. The van der Waals surface area contributed by atoms with Crippen LogP contribution in [0.1, 0.15) is 0 Å². The van der Waals surface area contributed by atoms with Gasteiger partial charge in [-0.2, -0.15) is 0 Å². The van der Waals surface area contributed by atoms with Crippen molar-refractivity contribution in [1.82, 2.24) is 9.97 Å². The summed E-state index contributed by atoms with van der Waals surface area (Å²) in [6, 6.07) is 10.4. The minimum absolute atomic E-state index is 0.479. The summed E-state index contributed by atoms with van der Waals surface area (Å²) in [6.07, 6.45) is 3.56. The Hall–Kier alpha value is -1.38. The van der Waals surface area contributed by atoms with E-state index < -0.39 is 0 Å². The Kier molecular flexibility index (Phi) is 2.16. The molecule has 0 aliphatic carbocycles. The van der Waals surface area contributed by atoms with Crippen LogP contribution in [0.3, 0.4) is 0 Å². The first-order valence-electron chi connectivity index (χ1n) is 4.70. The summed E-state index contributed by atoms with van der Waals surface area (Å²) in [7, 11) is 0. The first kappa shape index (κ1) is 8.89. The Bertz CT molecular complexity index is 472. The van der Waals surface area contributed by atoms with Crippen LogP contribution in [0, 0.1) is 0 Å². The molecular formula is C11H9N3Se. The van der Waals surface area contributed by atoms with Crippen molar-refractivity contribution in [2.75, 3.05) is 10.3 Å². The van der Waals surface area contributed by atoms with Crippen LogP contribution in [0.4, 0.5) is 11.5 Å².